The fourth-order valence-corrected chi connectivity index (χ4v) is 1.98. The van der Waals surface area contributed by atoms with Gasteiger partial charge in [0.15, 0.2) is 0 Å². The first kappa shape index (κ1) is 12.6. The normalized spacial score (nSPS) is 10.7. The van der Waals surface area contributed by atoms with E-state index >= 15 is 0 Å². The van der Waals surface area contributed by atoms with E-state index in [2.05, 4.69) is 0 Å². The summed E-state index contributed by atoms with van der Waals surface area (Å²) in [6, 6.07) is 7.39. The second-order valence-corrected chi connectivity index (χ2v) is 4.53. The van der Waals surface area contributed by atoms with Crippen LogP contribution in [0.3, 0.4) is 0 Å². The lowest BCUT2D eigenvalue weighted by atomic mass is 9.96. The van der Waals surface area contributed by atoms with E-state index in [1.54, 1.807) is 6.07 Å². The highest BCUT2D eigenvalue weighted by atomic mass is 19.1. The number of hydrogen-bond donors (Lipinski definition) is 1. The maximum atomic E-state index is 13.3. The van der Waals surface area contributed by atoms with Crippen LogP contribution in [0.15, 0.2) is 30.3 Å². The van der Waals surface area contributed by atoms with Crippen molar-refractivity contribution in [2.75, 3.05) is 5.73 Å². The van der Waals surface area contributed by atoms with Crippen LogP contribution in [-0.2, 0) is 6.42 Å². The van der Waals surface area contributed by atoms with Gasteiger partial charge in [0, 0.05) is 5.69 Å². The topological polar surface area (TPSA) is 26.0 Å². The van der Waals surface area contributed by atoms with Crippen molar-refractivity contribution < 1.29 is 8.78 Å². The molecule has 0 saturated heterocycles. The zero-order valence-electron chi connectivity index (χ0n) is 10.4. The number of benzene rings is 2. The predicted molar refractivity (Wildman–Crippen MR) is 69.5 cm³/mol. The molecule has 1 nitrogen and oxygen atoms in total. The average molecular weight is 247 g/mol. The molecule has 0 unspecified atom stereocenters. The van der Waals surface area contributed by atoms with Crippen molar-refractivity contribution in [3.05, 3.63) is 64.2 Å². The van der Waals surface area contributed by atoms with Crippen molar-refractivity contribution in [3.8, 4) is 0 Å². The van der Waals surface area contributed by atoms with Crippen molar-refractivity contribution in [2.24, 2.45) is 0 Å². The largest absolute Gasteiger partial charge is 0.398 e. The number of nitrogens with two attached hydrogens (primary N) is 1. The Morgan fingerprint density at radius 2 is 1.61 bits per heavy atom. The van der Waals surface area contributed by atoms with Crippen molar-refractivity contribution in [2.45, 2.75) is 20.3 Å². The van der Waals surface area contributed by atoms with Gasteiger partial charge in [0.1, 0.15) is 11.6 Å². The Bertz CT molecular complexity index is 591. The summed E-state index contributed by atoms with van der Waals surface area (Å²) in [5.74, 6) is -0.639. The summed E-state index contributed by atoms with van der Waals surface area (Å²) in [6.45, 7) is 3.76. The lowest BCUT2D eigenvalue weighted by Gasteiger charge is -2.11. The molecule has 18 heavy (non-hydrogen) atoms. The van der Waals surface area contributed by atoms with Gasteiger partial charge in [-0.15, -0.1) is 0 Å². The molecular formula is C15H15F2N. The molecule has 3 heteroatoms. The van der Waals surface area contributed by atoms with Crippen LogP contribution in [-0.4, -0.2) is 0 Å². The van der Waals surface area contributed by atoms with Gasteiger partial charge in [-0.3, -0.25) is 0 Å². The molecule has 2 aromatic rings. The molecular weight excluding hydrogens is 232 g/mol. The summed E-state index contributed by atoms with van der Waals surface area (Å²) >= 11 is 0. The average Bonchev–Trinajstić information content (AvgIpc) is 2.30. The maximum absolute atomic E-state index is 13.3. The molecule has 0 radical (unpaired) electrons. The molecule has 0 aromatic heterocycles. The summed E-state index contributed by atoms with van der Waals surface area (Å²) in [4.78, 5) is 0. The highest BCUT2D eigenvalue weighted by Gasteiger charge is 2.08. The van der Waals surface area contributed by atoms with Crippen LogP contribution in [0.2, 0.25) is 0 Å². The van der Waals surface area contributed by atoms with Crippen LogP contribution < -0.4 is 5.73 Å². The smallest absolute Gasteiger partial charge is 0.125 e. The van der Waals surface area contributed by atoms with Gasteiger partial charge < -0.3 is 5.73 Å². The van der Waals surface area contributed by atoms with E-state index in [0.29, 0.717) is 12.1 Å². The van der Waals surface area contributed by atoms with E-state index in [4.69, 9.17) is 5.73 Å². The highest BCUT2D eigenvalue weighted by Crippen LogP contribution is 2.22. The van der Waals surface area contributed by atoms with Crippen LogP contribution in [0.25, 0.3) is 0 Å². The monoisotopic (exact) mass is 247 g/mol. The molecule has 0 saturated carbocycles. The van der Waals surface area contributed by atoms with Gasteiger partial charge in [-0.2, -0.15) is 0 Å². The first-order valence-corrected chi connectivity index (χ1v) is 5.77. The lowest BCUT2D eigenvalue weighted by molar-refractivity contribution is 0.623. The van der Waals surface area contributed by atoms with Crippen molar-refractivity contribution in [1.29, 1.82) is 0 Å². The van der Waals surface area contributed by atoms with E-state index in [9.17, 15) is 8.78 Å². The zero-order valence-corrected chi connectivity index (χ0v) is 10.4. The second kappa shape index (κ2) is 4.77. The first-order valence-electron chi connectivity index (χ1n) is 5.77. The Labute approximate surface area is 105 Å². The molecule has 0 spiro atoms. The number of hydrogen-bond acceptors (Lipinski definition) is 1. The molecule has 0 aliphatic heterocycles. The van der Waals surface area contributed by atoms with Gasteiger partial charge >= 0.3 is 0 Å². The third kappa shape index (κ3) is 2.50. The van der Waals surface area contributed by atoms with Crippen molar-refractivity contribution >= 4 is 5.69 Å². The maximum Gasteiger partial charge on any atom is 0.125 e. The molecule has 2 N–H and O–H groups in total. The Balaban J connectivity index is 2.43. The van der Waals surface area contributed by atoms with Crippen LogP contribution >= 0.6 is 0 Å². The van der Waals surface area contributed by atoms with Gasteiger partial charge in [0.05, 0.1) is 0 Å². The standard InChI is InChI=1S/C15H15F2N/c1-9-3-4-13(16)6-11(9)5-12-7-14(17)8-15(18)10(12)2/h3-4,6-8H,5,18H2,1-2H3. The first-order chi connectivity index (χ1) is 8.47. The molecule has 94 valence electrons. The summed E-state index contributed by atoms with van der Waals surface area (Å²) in [7, 11) is 0. The summed E-state index contributed by atoms with van der Waals surface area (Å²) in [5, 5.41) is 0. The second-order valence-electron chi connectivity index (χ2n) is 4.53. The highest BCUT2D eigenvalue weighted by molar-refractivity contribution is 5.52. The Kier molecular flexibility index (Phi) is 3.32. The van der Waals surface area contributed by atoms with Gasteiger partial charge in [-0.25, -0.2) is 8.78 Å². The Morgan fingerprint density at radius 3 is 2.33 bits per heavy atom. The molecule has 0 aliphatic carbocycles. The fraction of sp³-hybridized carbons (Fsp3) is 0.200. The van der Waals surface area contributed by atoms with Gasteiger partial charge in [-0.1, -0.05) is 6.07 Å². The molecule has 0 heterocycles. The molecule has 2 rings (SSSR count). The minimum Gasteiger partial charge on any atom is -0.398 e. The zero-order chi connectivity index (χ0) is 13.3. The third-order valence-corrected chi connectivity index (χ3v) is 3.21. The number of rotatable bonds is 2. The number of halogens is 2. The van der Waals surface area contributed by atoms with Crippen molar-refractivity contribution in [1.82, 2.24) is 0 Å². The van der Waals surface area contributed by atoms with Crippen LogP contribution in [0.5, 0.6) is 0 Å². The van der Waals surface area contributed by atoms with E-state index in [0.717, 1.165) is 22.3 Å². The minimum atomic E-state index is -0.359. The lowest BCUT2D eigenvalue weighted by Crippen LogP contribution is -2.00. The molecule has 0 bridgehead atoms. The molecule has 0 amide bonds. The summed E-state index contributed by atoms with van der Waals surface area (Å²) < 4.78 is 26.5. The van der Waals surface area contributed by atoms with Gasteiger partial charge in [-0.05, 0) is 66.8 Å². The predicted octanol–water partition coefficient (Wildman–Crippen LogP) is 3.75. The van der Waals surface area contributed by atoms with Crippen LogP contribution in [0, 0.1) is 25.5 Å². The number of nitrogen functional groups attached to an aromatic ring is 1. The molecule has 2 aromatic carbocycles. The third-order valence-electron chi connectivity index (χ3n) is 3.21. The molecule has 0 aliphatic rings. The van der Waals surface area contributed by atoms with E-state index in [1.165, 1.54) is 24.3 Å². The molecule has 0 fully saturated rings. The Morgan fingerprint density at radius 1 is 0.944 bits per heavy atom. The minimum absolute atomic E-state index is 0.280. The molecule has 0 atom stereocenters. The number of aryl methyl sites for hydroxylation is 1. The van der Waals surface area contributed by atoms with Gasteiger partial charge in [0.2, 0.25) is 0 Å². The van der Waals surface area contributed by atoms with E-state index < -0.39 is 0 Å². The fourth-order valence-electron chi connectivity index (χ4n) is 1.98. The summed E-state index contributed by atoms with van der Waals surface area (Å²) in [6.07, 6.45) is 0.484. The summed E-state index contributed by atoms with van der Waals surface area (Å²) in [5.41, 5.74) is 9.63. The van der Waals surface area contributed by atoms with Crippen LogP contribution in [0.4, 0.5) is 14.5 Å². The quantitative estimate of drug-likeness (QED) is 0.803. The van der Waals surface area contributed by atoms with Crippen molar-refractivity contribution in [3.63, 3.8) is 0 Å². The SMILES string of the molecule is Cc1ccc(F)cc1Cc1cc(F)cc(N)c1C. The van der Waals surface area contributed by atoms with Crippen LogP contribution in [0.1, 0.15) is 22.3 Å². The Hall–Kier alpha value is -1.90. The van der Waals surface area contributed by atoms with E-state index in [-0.39, 0.29) is 11.6 Å². The number of anilines is 1. The van der Waals surface area contributed by atoms with Gasteiger partial charge in [0.25, 0.3) is 0 Å². The van der Waals surface area contributed by atoms with E-state index in [1.807, 2.05) is 13.8 Å².